The van der Waals surface area contributed by atoms with Crippen LogP contribution in [0.2, 0.25) is 5.02 Å². The third-order valence-electron chi connectivity index (χ3n) is 6.69. The first-order valence-corrected chi connectivity index (χ1v) is 13.9. The number of anilines is 1. The Morgan fingerprint density at radius 3 is 2.26 bits per heavy atom. The van der Waals surface area contributed by atoms with Crippen molar-refractivity contribution in [3.05, 3.63) is 47.3 Å². The zero-order valence-corrected chi connectivity index (χ0v) is 23.4. The summed E-state index contributed by atoms with van der Waals surface area (Å²) in [6, 6.07) is 5.30. The smallest absolute Gasteiger partial charge is 0.243 e. The minimum atomic E-state index is -4.10. The molecule has 2 unspecified atom stereocenters. The Bertz CT molecular complexity index is 1330. The molecule has 0 spiro atoms. The monoisotopic (exact) mass is 566 g/mol. The molecule has 0 radical (unpaired) electrons. The number of halogens is 1. The molecule has 38 heavy (non-hydrogen) atoms. The molecule has 4 atom stereocenters. The minimum absolute atomic E-state index is 0.0117. The summed E-state index contributed by atoms with van der Waals surface area (Å²) in [7, 11) is 2.03. The van der Waals surface area contributed by atoms with E-state index in [0.29, 0.717) is 28.0 Å². The van der Waals surface area contributed by atoms with Crippen LogP contribution >= 0.6 is 11.6 Å². The molecule has 1 fully saturated rings. The molecule has 1 aliphatic rings. The highest BCUT2D eigenvalue weighted by molar-refractivity contribution is 7.93. The first-order chi connectivity index (χ1) is 18.2. The van der Waals surface area contributed by atoms with E-state index in [1.54, 1.807) is 29.9 Å². The maximum atomic E-state index is 13.6. The van der Waals surface area contributed by atoms with Crippen LogP contribution in [0.4, 0.5) is 5.95 Å². The van der Waals surface area contributed by atoms with Crippen LogP contribution in [0.5, 0.6) is 11.5 Å². The fourth-order valence-electron chi connectivity index (χ4n) is 4.65. The summed E-state index contributed by atoms with van der Waals surface area (Å²) in [6.07, 6.45) is 4.24. The van der Waals surface area contributed by atoms with Gasteiger partial charge in [0.25, 0.3) is 0 Å². The van der Waals surface area contributed by atoms with E-state index in [1.807, 2.05) is 0 Å². The van der Waals surface area contributed by atoms with Crippen molar-refractivity contribution < 1.29 is 27.4 Å². The number of benzene rings is 1. The number of nitrogens with one attached hydrogen (secondary N) is 1. The van der Waals surface area contributed by atoms with E-state index in [4.69, 9.17) is 30.5 Å². The van der Waals surface area contributed by atoms with Crippen molar-refractivity contribution in [2.75, 3.05) is 33.2 Å². The largest absolute Gasteiger partial charge is 0.494 e. The third kappa shape index (κ3) is 5.55. The Morgan fingerprint density at radius 1 is 1.05 bits per heavy atom. The molecule has 0 bridgehead atoms. The predicted molar refractivity (Wildman–Crippen MR) is 141 cm³/mol. The van der Waals surface area contributed by atoms with Gasteiger partial charge in [-0.25, -0.2) is 18.4 Å². The zero-order valence-electron chi connectivity index (χ0n) is 21.8. The summed E-state index contributed by atoms with van der Waals surface area (Å²) in [5.74, 6) is 1.64. The topological polar surface area (TPSA) is 140 Å². The van der Waals surface area contributed by atoms with Gasteiger partial charge in [-0.3, -0.25) is 9.29 Å². The van der Waals surface area contributed by atoms with Gasteiger partial charge in [0.15, 0.2) is 5.82 Å². The summed E-state index contributed by atoms with van der Waals surface area (Å²) < 4.78 is 53.8. The second-order valence-corrected chi connectivity index (χ2v) is 11.3. The third-order valence-corrected chi connectivity index (χ3v) is 8.58. The number of sulfonamides is 1. The van der Waals surface area contributed by atoms with E-state index in [1.165, 1.54) is 40.6 Å². The Kier molecular flexibility index (Phi) is 8.71. The molecule has 1 saturated carbocycles. The summed E-state index contributed by atoms with van der Waals surface area (Å²) >= 11 is 5.89. The fraction of sp³-hybridized carbons (Fsp3) is 0.500. The minimum Gasteiger partial charge on any atom is -0.494 e. The number of hydrogen-bond donors (Lipinski definition) is 1. The van der Waals surface area contributed by atoms with Gasteiger partial charge < -0.3 is 18.9 Å². The quantitative estimate of drug-likeness (QED) is 0.366. The van der Waals surface area contributed by atoms with Crippen LogP contribution in [0, 0.1) is 0 Å². The molecule has 1 N–H and O–H groups in total. The van der Waals surface area contributed by atoms with Crippen molar-refractivity contribution in [1.29, 1.82) is 0 Å². The van der Waals surface area contributed by atoms with E-state index >= 15 is 0 Å². The fourth-order valence-corrected chi connectivity index (χ4v) is 5.88. The highest BCUT2D eigenvalue weighted by atomic mass is 35.5. The molecule has 3 aromatic rings. The van der Waals surface area contributed by atoms with E-state index in [0.717, 1.165) is 19.3 Å². The van der Waals surface area contributed by atoms with E-state index in [9.17, 15) is 8.42 Å². The van der Waals surface area contributed by atoms with Gasteiger partial charge in [-0.15, -0.1) is 10.2 Å². The van der Waals surface area contributed by atoms with E-state index in [2.05, 4.69) is 24.9 Å². The van der Waals surface area contributed by atoms with Crippen LogP contribution < -0.4 is 14.2 Å². The SMILES string of the molecule is COc1cccc(OC)c1-n1c(NS(=O)(=O)C(C)C(OC)c2ncc(Cl)cn2)nnc1[C@@H]1CC[C@@H](OC)C1. The maximum Gasteiger partial charge on any atom is 0.243 e. The van der Waals surface area contributed by atoms with Crippen molar-refractivity contribution >= 4 is 27.6 Å². The standard InChI is InChI=1S/C24H31ClN6O6S/c1-14(21(37-5)22-26-12-16(25)13-27-22)38(32,33)30-24-29-28-23(15-9-10-17(11-15)34-2)31(24)20-18(35-3)7-6-8-19(20)36-4/h6-8,12-15,17,21H,9-11H2,1-5H3,(H,29,30)/t14?,15-,17-,21?/m1/s1. The maximum absolute atomic E-state index is 13.6. The first-order valence-electron chi connectivity index (χ1n) is 11.9. The van der Waals surface area contributed by atoms with Gasteiger partial charge in [0.05, 0.1) is 25.3 Å². The zero-order chi connectivity index (χ0) is 27.4. The second-order valence-electron chi connectivity index (χ2n) is 8.86. The van der Waals surface area contributed by atoms with E-state index < -0.39 is 21.4 Å². The number of aromatic nitrogens is 5. The number of rotatable bonds is 11. The number of para-hydroxylation sites is 1. The lowest BCUT2D eigenvalue weighted by Gasteiger charge is -2.23. The van der Waals surface area contributed by atoms with Crippen LogP contribution in [-0.2, 0) is 19.5 Å². The number of hydrogen-bond acceptors (Lipinski definition) is 10. The molecule has 1 aliphatic carbocycles. The van der Waals surface area contributed by atoms with Crippen LogP contribution in [-0.4, -0.2) is 72.9 Å². The normalized spacial score (nSPS) is 19.2. The van der Waals surface area contributed by atoms with Gasteiger partial charge in [0.1, 0.15) is 34.4 Å². The van der Waals surface area contributed by atoms with Gasteiger partial charge >= 0.3 is 0 Å². The molecule has 4 rings (SSSR count). The van der Waals surface area contributed by atoms with Crippen LogP contribution in [0.3, 0.4) is 0 Å². The van der Waals surface area contributed by atoms with E-state index in [-0.39, 0.29) is 23.8 Å². The number of ether oxygens (including phenoxy) is 4. The highest BCUT2D eigenvalue weighted by Crippen LogP contribution is 2.41. The average Bonchev–Trinajstić information content (AvgIpc) is 3.56. The molecule has 2 heterocycles. The molecule has 2 aromatic heterocycles. The van der Waals surface area contributed by atoms with Crippen LogP contribution in [0.25, 0.3) is 5.69 Å². The first kappa shape index (κ1) is 28.0. The van der Waals surface area contributed by atoms with Crippen molar-refractivity contribution in [3.8, 4) is 17.2 Å². The van der Waals surface area contributed by atoms with Crippen molar-refractivity contribution in [3.63, 3.8) is 0 Å². The predicted octanol–water partition coefficient (Wildman–Crippen LogP) is 3.53. The Morgan fingerprint density at radius 2 is 1.71 bits per heavy atom. The van der Waals surface area contributed by atoms with Gasteiger partial charge in [-0.1, -0.05) is 17.7 Å². The van der Waals surface area contributed by atoms with Gasteiger partial charge in [-0.2, -0.15) is 0 Å². The Balaban J connectivity index is 1.78. The number of methoxy groups -OCH3 is 4. The molecule has 14 heteroatoms. The lowest BCUT2D eigenvalue weighted by atomic mass is 10.1. The van der Waals surface area contributed by atoms with Crippen molar-refractivity contribution in [2.45, 2.75) is 49.6 Å². The second kappa shape index (κ2) is 11.8. The molecule has 0 amide bonds. The van der Waals surface area contributed by atoms with Crippen molar-refractivity contribution in [2.24, 2.45) is 0 Å². The molecule has 0 aliphatic heterocycles. The molecule has 206 valence electrons. The van der Waals surface area contributed by atoms with Gasteiger partial charge in [-0.05, 0) is 38.3 Å². The van der Waals surface area contributed by atoms with Gasteiger partial charge in [0.2, 0.25) is 16.0 Å². The highest BCUT2D eigenvalue weighted by Gasteiger charge is 2.37. The van der Waals surface area contributed by atoms with Crippen molar-refractivity contribution in [1.82, 2.24) is 24.7 Å². The Labute approximate surface area is 226 Å². The van der Waals surface area contributed by atoms with Gasteiger partial charge in [0, 0.05) is 32.5 Å². The molecule has 1 aromatic carbocycles. The molecule has 0 saturated heterocycles. The van der Waals surface area contributed by atoms with Crippen LogP contribution in [0.1, 0.15) is 49.9 Å². The molecule has 12 nitrogen and oxygen atoms in total. The summed E-state index contributed by atoms with van der Waals surface area (Å²) in [4.78, 5) is 8.27. The lowest BCUT2D eigenvalue weighted by Crippen LogP contribution is -2.33. The Hall–Kier alpha value is -3.00. The summed E-state index contributed by atoms with van der Waals surface area (Å²) in [6.45, 7) is 1.50. The average molecular weight is 567 g/mol. The summed E-state index contributed by atoms with van der Waals surface area (Å²) in [5.41, 5.74) is 0.480. The summed E-state index contributed by atoms with van der Waals surface area (Å²) in [5, 5.41) is 7.90. The van der Waals surface area contributed by atoms with Crippen LogP contribution in [0.15, 0.2) is 30.6 Å². The molecular formula is C24H31ClN6O6S. The molecular weight excluding hydrogens is 536 g/mol. The lowest BCUT2D eigenvalue weighted by molar-refractivity contribution is 0.0950. The number of nitrogens with zero attached hydrogens (tertiary/aromatic N) is 5.